The highest BCUT2D eigenvalue weighted by Crippen LogP contribution is 1.65. The number of carbonyl (C=O) groups is 4. The zero-order valence-corrected chi connectivity index (χ0v) is 12.0. The molecule has 1 aliphatic heterocycles. The van der Waals surface area contributed by atoms with E-state index in [-0.39, 0.29) is 6.15 Å². The average molecular weight is 300 g/mol. The van der Waals surface area contributed by atoms with Gasteiger partial charge >= 0.3 is 0 Å². The second-order valence-corrected chi connectivity index (χ2v) is 2.83. The molecule has 0 spiro atoms. The standard InChI is InChI=1S/C2H5N.4C2H4O2.H3N/c1-2-3-1;4*1-2(3)4;/h3H,1-2H2;4*1H3,(H,3,4);1H3. The maximum absolute atomic E-state index is 9.00. The Kier molecular flexibility index (Phi) is 39.2. The van der Waals surface area contributed by atoms with Gasteiger partial charge in [-0.3, -0.25) is 19.2 Å². The van der Waals surface area contributed by atoms with Gasteiger partial charge in [-0.25, -0.2) is 0 Å². The first-order valence-electron chi connectivity index (χ1n) is 4.92. The molecule has 0 atom stereocenters. The van der Waals surface area contributed by atoms with Gasteiger partial charge in [-0.15, -0.1) is 0 Å². The minimum Gasteiger partial charge on any atom is -0.481 e. The van der Waals surface area contributed by atoms with Gasteiger partial charge in [0.05, 0.1) is 0 Å². The zero-order chi connectivity index (χ0) is 16.4. The van der Waals surface area contributed by atoms with Crippen LogP contribution in [-0.2, 0) is 19.2 Å². The quantitative estimate of drug-likeness (QED) is 0.333. The molecule has 1 rings (SSSR count). The predicted molar refractivity (Wildman–Crippen MR) is 71.1 cm³/mol. The van der Waals surface area contributed by atoms with E-state index in [0.717, 1.165) is 27.7 Å². The van der Waals surface area contributed by atoms with Gasteiger partial charge in [-0.1, -0.05) is 0 Å². The first-order chi connectivity index (χ1) is 8.43. The van der Waals surface area contributed by atoms with E-state index in [0.29, 0.717) is 0 Å². The Labute approximate surface area is 117 Å². The third-order valence-electron chi connectivity index (χ3n) is 0.250. The smallest absolute Gasteiger partial charge is 0.300 e. The molecule has 122 valence electrons. The van der Waals surface area contributed by atoms with E-state index in [9.17, 15) is 0 Å². The molecule has 1 fully saturated rings. The molecule has 0 aromatic carbocycles. The van der Waals surface area contributed by atoms with Crippen LogP contribution < -0.4 is 11.5 Å². The van der Waals surface area contributed by atoms with E-state index < -0.39 is 23.9 Å². The van der Waals surface area contributed by atoms with E-state index in [1.807, 2.05) is 0 Å². The highest BCUT2D eigenvalue weighted by molar-refractivity contribution is 5.63. The highest BCUT2D eigenvalue weighted by Gasteiger charge is 1.91. The molecule has 20 heavy (non-hydrogen) atoms. The molecule has 1 saturated heterocycles. The van der Waals surface area contributed by atoms with Crippen LogP contribution in [0.2, 0.25) is 0 Å². The Morgan fingerprint density at radius 1 is 0.650 bits per heavy atom. The summed E-state index contributed by atoms with van der Waals surface area (Å²) in [5, 5.41) is 32.7. The van der Waals surface area contributed by atoms with Crippen LogP contribution in [-0.4, -0.2) is 57.4 Å². The summed E-state index contributed by atoms with van der Waals surface area (Å²) in [5.41, 5.74) is 0. The fourth-order valence-corrected chi connectivity index (χ4v) is 0. The summed E-state index contributed by atoms with van der Waals surface area (Å²) < 4.78 is 0. The second kappa shape index (κ2) is 25.6. The number of hydrogen-bond acceptors (Lipinski definition) is 6. The minimum absolute atomic E-state index is 0. The van der Waals surface area contributed by atoms with Gasteiger partial charge in [0.2, 0.25) is 0 Å². The monoisotopic (exact) mass is 300 g/mol. The molecule has 0 unspecified atom stereocenters. The molecular formula is C10H24N2O8. The molecule has 0 bridgehead atoms. The summed E-state index contributed by atoms with van der Waals surface area (Å²) in [5.74, 6) is -3.33. The van der Waals surface area contributed by atoms with E-state index in [1.165, 1.54) is 13.1 Å². The van der Waals surface area contributed by atoms with Gasteiger partial charge in [0.15, 0.2) is 0 Å². The van der Waals surface area contributed by atoms with Crippen molar-refractivity contribution in [2.45, 2.75) is 27.7 Å². The molecule has 8 N–H and O–H groups in total. The van der Waals surface area contributed by atoms with Gasteiger partial charge in [0, 0.05) is 40.8 Å². The maximum atomic E-state index is 9.00. The van der Waals surface area contributed by atoms with Crippen molar-refractivity contribution in [3.63, 3.8) is 0 Å². The van der Waals surface area contributed by atoms with Crippen LogP contribution in [0.15, 0.2) is 0 Å². The molecule has 1 aliphatic rings. The number of rotatable bonds is 0. The van der Waals surface area contributed by atoms with Gasteiger partial charge < -0.3 is 31.9 Å². The summed E-state index contributed by atoms with van der Waals surface area (Å²) in [6.45, 7) is 6.83. The minimum atomic E-state index is -0.833. The summed E-state index contributed by atoms with van der Waals surface area (Å²) in [6.07, 6.45) is 0. The lowest BCUT2D eigenvalue weighted by molar-refractivity contribution is -0.135. The molecule has 0 aromatic heterocycles. The fraction of sp³-hybridized carbons (Fsp3) is 0.600. The molecule has 0 radical (unpaired) electrons. The second-order valence-electron chi connectivity index (χ2n) is 2.83. The molecule has 10 nitrogen and oxygen atoms in total. The maximum Gasteiger partial charge on any atom is 0.300 e. The molecule has 0 amide bonds. The van der Waals surface area contributed by atoms with Crippen LogP contribution in [0.3, 0.4) is 0 Å². The van der Waals surface area contributed by atoms with Crippen molar-refractivity contribution in [2.24, 2.45) is 0 Å². The van der Waals surface area contributed by atoms with E-state index >= 15 is 0 Å². The summed E-state index contributed by atoms with van der Waals surface area (Å²) >= 11 is 0. The van der Waals surface area contributed by atoms with Crippen LogP contribution in [0.1, 0.15) is 27.7 Å². The van der Waals surface area contributed by atoms with Crippen LogP contribution in [0.4, 0.5) is 0 Å². The third kappa shape index (κ3) is 2400. The van der Waals surface area contributed by atoms with Crippen molar-refractivity contribution >= 4 is 23.9 Å². The first kappa shape index (κ1) is 30.7. The van der Waals surface area contributed by atoms with Crippen LogP contribution >= 0.6 is 0 Å². The van der Waals surface area contributed by atoms with Gasteiger partial charge in [-0.2, -0.15) is 0 Å². The molecule has 0 aromatic rings. The van der Waals surface area contributed by atoms with Crippen molar-refractivity contribution in [2.75, 3.05) is 13.1 Å². The van der Waals surface area contributed by atoms with Crippen LogP contribution in [0.5, 0.6) is 0 Å². The molecule has 0 aliphatic carbocycles. The Hall–Kier alpha value is -2.20. The van der Waals surface area contributed by atoms with Crippen molar-refractivity contribution in [1.29, 1.82) is 0 Å². The molecular weight excluding hydrogens is 276 g/mol. The highest BCUT2D eigenvalue weighted by atomic mass is 16.4. The topological polar surface area (TPSA) is 206 Å². The lowest BCUT2D eigenvalue weighted by Gasteiger charge is -1.59. The van der Waals surface area contributed by atoms with E-state index in [4.69, 9.17) is 39.6 Å². The first-order valence-corrected chi connectivity index (χ1v) is 4.92. The van der Waals surface area contributed by atoms with E-state index in [1.54, 1.807) is 0 Å². The largest absolute Gasteiger partial charge is 0.481 e. The van der Waals surface area contributed by atoms with Gasteiger partial charge in [0.25, 0.3) is 23.9 Å². The molecule has 10 heteroatoms. The van der Waals surface area contributed by atoms with Crippen molar-refractivity contribution in [3.8, 4) is 0 Å². The lowest BCUT2D eigenvalue weighted by Crippen LogP contribution is -1.78. The number of aliphatic carboxylic acids is 4. The molecule has 1 heterocycles. The Morgan fingerprint density at radius 2 is 0.700 bits per heavy atom. The van der Waals surface area contributed by atoms with Crippen molar-refractivity contribution in [1.82, 2.24) is 11.5 Å². The zero-order valence-electron chi connectivity index (χ0n) is 12.0. The summed E-state index contributed by atoms with van der Waals surface area (Å²) in [4.78, 5) is 36.0. The molecule has 0 saturated carbocycles. The number of nitrogens with one attached hydrogen (secondary N) is 1. The SMILES string of the molecule is C1CN1.CC(=O)O.CC(=O)O.CC(=O)O.CC(=O)O.N. The van der Waals surface area contributed by atoms with Gasteiger partial charge in [0.1, 0.15) is 0 Å². The third-order valence-corrected chi connectivity index (χ3v) is 0.250. The van der Waals surface area contributed by atoms with Crippen molar-refractivity contribution in [3.05, 3.63) is 0 Å². The van der Waals surface area contributed by atoms with Gasteiger partial charge in [-0.05, 0) is 0 Å². The number of carboxylic acids is 4. The predicted octanol–water partition coefficient (Wildman–Crippen LogP) is 0.115. The van der Waals surface area contributed by atoms with Crippen molar-refractivity contribution < 1.29 is 39.6 Å². The number of hydrogen-bond donors (Lipinski definition) is 6. The Balaban J connectivity index is -0.0000000463. The lowest BCUT2D eigenvalue weighted by atomic mass is 10.9. The summed E-state index contributed by atoms with van der Waals surface area (Å²) in [6, 6.07) is 0. The average Bonchev–Trinajstić information content (AvgIpc) is 2.80. The summed E-state index contributed by atoms with van der Waals surface area (Å²) in [7, 11) is 0. The normalized spacial score (nSPS) is 8.60. The fourth-order valence-electron chi connectivity index (χ4n) is 0. The van der Waals surface area contributed by atoms with Crippen LogP contribution in [0.25, 0.3) is 0 Å². The van der Waals surface area contributed by atoms with E-state index in [2.05, 4.69) is 5.32 Å². The number of carboxylic acid groups (broad SMARTS) is 4. The Morgan fingerprint density at radius 3 is 0.700 bits per heavy atom. The Bertz CT molecular complexity index is 199. The van der Waals surface area contributed by atoms with Crippen LogP contribution in [0, 0.1) is 0 Å².